The van der Waals surface area contributed by atoms with E-state index in [1.165, 1.54) is 12.4 Å². The number of halogens is 1. The van der Waals surface area contributed by atoms with Crippen LogP contribution < -0.4 is 25.3 Å². The summed E-state index contributed by atoms with van der Waals surface area (Å²) in [5, 5.41) is 8.93. The van der Waals surface area contributed by atoms with Crippen molar-refractivity contribution in [2.24, 2.45) is 0 Å². The van der Waals surface area contributed by atoms with Crippen LogP contribution in [0.15, 0.2) is 61.4 Å². The zero-order valence-electron chi connectivity index (χ0n) is 27.5. The molecule has 3 saturated heterocycles. The highest BCUT2D eigenvalue weighted by molar-refractivity contribution is 6.30. The fourth-order valence-electron chi connectivity index (χ4n) is 6.83. The summed E-state index contributed by atoms with van der Waals surface area (Å²) in [4.78, 5) is 35.1. The second-order valence-electron chi connectivity index (χ2n) is 12.5. The number of methoxy groups -OCH3 is 1. The molecule has 6 rings (SSSR count). The molecule has 3 aliphatic heterocycles. The Morgan fingerprint density at radius 1 is 1.02 bits per heavy atom. The molecule has 1 atom stereocenters. The minimum atomic E-state index is -0.274. The summed E-state index contributed by atoms with van der Waals surface area (Å²) in [6.45, 7) is 15.1. The molecular formula is C35H45ClN8O3. The molecule has 250 valence electrons. The van der Waals surface area contributed by atoms with Gasteiger partial charge in [-0.25, -0.2) is 15.0 Å². The molecule has 0 aliphatic carbocycles. The molecule has 47 heavy (non-hydrogen) atoms. The topological polar surface area (TPSA) is 98.3 Å². The number of nitrogens with one attached hydrogen (secondary N) is 2. The quantitative estimate of drug-likeness (QED) is 0.257. The summed E-state index contributed by atoms with van der Waals surface area (Å²) in [6, 6.07) is 14.7. The van der Waals surface area contributed by atoms with E-state index in [-0.39, 0.29) is 11.9 Å². The Labute approximate surface area is 282 Å². The molecule has 0 unspecified atom stereocenters. The summed E-state index contributed by atoms with van der Waals surface area (Å²) in [5.74, 6) is 1.55. The maximum atomic E-state index is 12.6. The van der Waals surface area contributed by atoms with Crippen LogP contribution in [-0.2, 0) is 9.63 Å². The maximum Gasteiger partial charge on any atom is 0.247 e. The van der Waals surface area contributed by atoms with Crippen molar-refractivity contribution in [1.82, 2.24) is 19.8 Å². The molecule has 11 nitrogen and oxygen atoms in total. The number of carbonyl (C=O) groups excluding carboxylic acids is 1. The van der Waals surface area contributed by atoms with Crippen LogP contribution in [0, 0.1) is 0 Å². The molecule has 0 bridgehead atoms. The van der Waals surface area contributed by atoms with Gasteiger partial charge in [0.1, 0.15) is 17.9 Å². The summed E-state index contributed by atoms with van der Waals surface area (Å²) in [6.07, 6.45) is 5.75. The summed E-state index contributed by atoms with van der Waals surface area (Å²) in [7, 11) is 1.65. The van der Waals surface area contributed by atoms with Gasteiger partial charge in [-0.1, -0.05) is 30.3 Å². The molecule has 0 radical (unpaired) electrons. The minimum Gasteiger partial charge on any atom is -0.494 e. The first-order valence-corrected chi connectivity index (χ1v) is 16.9. The number of piperidine rings is 1. The molecule has 3 aliphatic rings. The van der Waals surface area contributed by atoms with E-state index in [0.29, 0.717) is 52.5 Å². The van der Waals surface area contributed by atoms with Gasteiger partial charge < -0.3 is 20.3 Å². The molecule has 3 fully saturated rings. The predicted molar refractivity (Wildman–Crippen MR) is 188 cm³/mol. The van der Waals surface area contributed by atoms with Crippen molar-refractivity contribution in [3.63, 3.8) is 0 Å². The van der Waals surface area contributed by atoms with Crippen LogP contribution >= 0.6 is 11.6 Å². The van der Waals surface area contributed by atoms with Gasteiger partial charge in [0, 0.05) is 74.9 Å². The minimum absolute atomic E-state index is 0.00154. The molecule has 12 heteroatoms. The lowest BCUT2D eigenvalue weighted by Gasteiger charge is -2.44. The molecule has 2 N–H and O–H groups in total. The van der Waals surface area contributed by atoms with Gasteiger partial charge in [0.2, 0.25) is 5.91 Å². The number of hydrogen-bond acceptors (Lipinski definition) is 10. The Hall–Kier alpha value is -3.90. The Bertz CT molecular complexity index is 1540. The van der Waals surface area contributed by atoms with Crippen molar-refractivity contribution >= 4 is 46.2 Å². The van der Waals surface area contributed by atoms with Crippen molar-refractivity contribution in [3.8, 4) is 5.75 Å². The highest BCUT2D eigenvalue weighted by Gasteiger charge is 2.31. The van der Waals surface area contributed by atoms with E-state index < -0.39 is 0 Å². The Kier molecular flexibility index (Phi) is 10.5. The van der Waals surface area contributed by atoms with Gasteiger partial charge in [-0.05, 0) is 56.5 Å². The summed E-state index contributed by atoms with van der Waals surface area (Å²) >= 11 is 6.12. The fraction of sp³-hybridized carbons (Fsp3) is 0.457. The average molecular weight is 661 g/mol. The zero-order valence-corrected chi connectivity index (χ0v) is 28.2. The average Bonchev–Trinajstić information content (AvgIpc) is 3.59. The first kappa shape index (κ1) is 33.0. The van der Waals surface area contributed by atoms with Gasteiger partial charge in [0.25, 0.3) is 0 Å². The lowest BCUT2D eigenvalue weighted by molar-refractivity contribution is -0.111. The van der Waals surface area contributed by atoms with Crippen molar-refractivity contribution < 1.29 is 14.4 Å². The number of amides is 1. The molecule has 1 aromatic heterocycles. The molecule has 4 heterocycles. The monoisotopic (exact) mass is 660 g/mol. The highest BCUT2D eigenvalue weighted by Crippen LogP contribution is 2.40. The van der Waals surface area contributed by atoms with Gasteiger partial charge in [-0.3, -0.25) is 19.4 Å². The number of hydroxylamine groups is 1. The number of hydrogen-bond donors (Lipinski definition) is 2. The van der Waals surface area contributed by atoms with Crippen LogP contribution in [-0.4, -0.2) is 90.7 Å². The molecule has 1 amide bonds. The lowest BCUT2D eigenvalue weighted by Crippen LogP contribution is -2.54. The first-order valence-electron chi connectivity index (χ1n) is 16.5. The third-order valence-electron chi connectivity index (χ3n) is 9.46. The third kappa shape index (κ3) is 7.65. The third-order valence-corrected chi connectivity index (χ3v) is 9.71. The number of carbonyl (C=O) groups is 1. The Balaban J connectivity index is 1.19. The lowest BCUT2D eigenvalue weighted by atomic mass is 10.0. The normalized spacial score (nSPS) is 19.6. The van der Waals surface area contributed by atoms with E-state index in [2.05, 4.69) is 55.7 Å². The van der Waals surface area contributed by atoms with Gasteiger partial charge in [-0.15, -0.1) is 0 Å². The standard InChI is InChI=1S/C35H45ClN8O3/c1-5-35(45)40-28-20-29(39-33-22-34(38-23-37-33)44-30(12-19-47-44)25-6-8-26(36)9-7-25)32(46-4)21-31(28)43-13-10-27(11-14-43)42-17-15-41(16-18-42)24(2)3/h5-9,20-24,27,30H,1,10-19H2,2-4H3,(H,40,45)(H,37,38,39)/t30-/m1/s1. The number of piperazine rings is 1. The number of ether oxygens (including phenoxy) is 1. The van der Waals surface area contributed by atoms with Crippen molar-refractivity contribution in [2.45, 2.75) is 51.2 Å². The molecular weight excluding hydrogens is 616 g/mol. The first-order chi connectivity index (χ1) is 22.8. The smallest absolute Gasteiger partial charge is 0.247 e. The van der Waals surface area contributed by atoms with Gasteiger partial charge in [-0.2, -0.15) is 0 Å². The van der Waals surface area contributed by atoms with E-state index >= 15 is 0 Å². The Morgan fingerprint density at radius 2 is 1.77 bits per heavy atom. The van der Waals surface area contributed by atoms with Crippen LogP contribution in [0.4, 0.5) is 28.7 Å². The predicted octanol–water partition coefficient (Wildman–Crippen LogP) is 5.88. The van der Waals surface area contributed by atoms with Gasteiger partial charge in [0.15, 0.2) is 5.82 Å². The molecule has 0 saturated carbocycles. The second-order valence-corrected chi connectivity index (χ2v) is 13.0. The van der Waals surface area contributed by atoms with Gasteiger partial charge >= 0.3 is 0 Å². The molecule has 3 aromatic rings. The van der Waals surface area contributed by atoms with Crippen LogP contribution in [0.5, 0.6) is 5.75 Å². The van der Waals surface area contributed by atoms with E-state index in [9.17, 15) is 4.79 Å². The van der Waals surface area contributed by atoms with Crippen molar-refractivity contribution in [3.05, 3.63) is 72.0 Å². The molecule has 0 spiro atoms. The number of anilines is 5. The largest absolute Gasteiger partial charge is 0.494 e. The van der Waals surface area contributed by atoms with E-state index in [1.54, 1.807) is 7.11 Å². The summed E-state index contributed by atoms with van der Waals surface area (Å²) in [5.41, 5.74) is 3.36. The van der Waals surface area contributed by atoms with Crippen molar-refractivity contribution in [2.75, 3.05) is 73.6 Å². The fourth-order valence-corrected chi connectivity index (χ4v) is 6.95. The van der Waals surface area contributed by atoms with Crippen molar-refractivity contribution in [1.29, 1.82) is 0 Å². The summed E-state index contributed by atoms with van der Waals surface area (Å²) < 4.78 is 5.87. The number of rotatable bonds is 10. The van der Waals surface area contributed by atoms with E-state index in [0.717, 1.165) is 69.8 Å². The van der Waals surface area contributed by atoms with Crippen LogP contribution in [0.1, 0.15) is 44.7 Å². The SMILES string of the molecule is C=CC(=O)Nc1cc(Nc2cc(N3OCC[C@@H]3c3ccc(Cl)cc3)ncn2)c(OC)cc1N1CCC(N2CCN(C(C)C)CC2)CC1. The number of aromatic nitrogens is 2. The van der Waals surface area contributed by atoms with Gasteiger partial charge in [0.05, 0.1) is 36.8 Å². The highest BCUT2D eigenvalue weighted by atomic mass is 35.5. The zero-order chi connectivity index (χ0) is 32.9. The van der Waals surface area contributed by atoms with Crippen LogP contribution in [0.2, 0.25) is 5.02 Å². The Morgan fingerprint density at radius 3 is 2.45 bits per heavy atom. The van der Waals surface area contributed by atoms with Crippen LogP contribution in [0.25, 0.3) is 0 Å². The van der Waals surface area contributed by atoms with Crippen LogP contribution in [0.3, 0.4) is 0 Å². The number of nitrogens with zero attached hydrogens (tertiary/aromatic N) is 6. The van der Waals surface area contributed by atoms with E-state index in [4.69, 9.17) is 21.2 Å². The maximum absolute atomic E-state index is 12.6. The number of benzene rings is 2. The molecule has 2 aromatic carbocycles. The second kappa shape index (κ2) is 14.9. The van der Waals surface area contributed by atoms with E-state index in [1.807, 2.05) is 47.5 Å².